The lowest BCUT2D eigenvalue weighted by Crippen LogP contribution is -1.80. The van der Waals surface area contributed by atoms with E-state index in [2.05, 4.69) is 41.7 Å². The lowest BCUT2D eigenvalue weighted by atomic mass is 10.1. The molecule has 20 heavy (non-hydrogen) atoms. The van der Waals surface area contributed by atoms with Crippen LogP contribution >= 0.6 is 0 Å². The summed E-state index contributed by atoms with van der Waals surface area (Å²) in [4.78, 5) is 8.43. The predicted molar refractivity (Wildman–Crippen MR) is 83.8 cm³/mol. The summed E-state index contributed by atoms with van der Waals surface area (Å²) in [5.41, 5.74) is 2.53. The van der Waals surface area contributed by atoms with Gasteiger partial charge in [0.25, 0.3) is 0 Å². The molecule has 0 aliphatic heterocycles. The van der Waals surface area contributed by atoms with E-state index in [0.29, 0.717) is 5.92 Å². The van der Waals surface area contributed by atoms with E-state index in [4.69, 9.17) is 0 Å². The van der Waals surface area contributed by atoms with Crippen LogP contribution in [0.15, 0.2) is 64.6 Å². The second kappa shape index (κ2) is 7.09. The maximum Gasteiger partial charge on any atom is 0.101 e. The van der Waals surface area contributed by atoms with Gasteiger partial charge in [0.2, 0.25) is 0 Å². The molecule has 2 aromatic rings. The number of hydrogen-bond donors (Lipinski definition) is 0. The molecule has 0 aliphatic carbocycles. The van der Waals surface area contributed by atoms with Crippen molar-refractivity contribution in [1.82, 2.24) is 0 Å². The van der Waals surface area contributed by atoms with Crippen molar-refractivity contribution < 1.29 is 0 Å². The Kier molecular flexibility index (Phi) is 4.89. The first-order valence-electron chi connectivity index (χ1n) is 6.58. The highest BCUT2D eigenvalue weighted by atomic mass is 14.8. The Hall–Kier alpha value is -2.62. The maximum atomic E-state index is 4.26. The minimum absolute atomic E-state index is 0.338. The van der Waals surface area contributed by atoms with Crippen molar-refractivity contribution in [3.8, 4) is 11.8 Å². The summed E-state index contributed by atoms with van der Waals surface area (Å²) >= 11 is 0. The number of rotatable bonds is 2. The van der Waals surface area contributed by atoms with Gasteiger partial charge in [-0.2, -0.15) is 9.98 Å². The number of nitrogens with zero attached hydrogens (tertiary/aromatic N) is 2. The summed E-state index contributed by atoms with van der Waals surface area (Å²) in [6, 6.07) is 20.1. The first-order chi connectivity index (χ1) is 9.75. The Morgan fingerprint density at radius 2 is 1.55 bits per heavy atom. The molecule has 0 aromatic heterocycles. The van der Waals surface area contributed by atoms with E-state index < -0.39 is 0 Å². The molecule has 2 rings (SSSR count). The fourth-order valence-electron chi connectivity index (χ4n) is 1.54. The molecule has 0 saturated carbocycles. The van der Waals surface area contributed by atoms with Crippen LogP contribution in [-0.2, 0) is 0 Å². The van der Waals surface area contributed by atoms with Crippen LogP contribution in [-0.4, -0.2) is 6.01 Å². The van der Waals surface area contributed by atoms with Gasteiger partial charge in [-0.3, -0.25) is 0 Å². The Bertz CT molecular complexity index is 682. The van der Waals surface area contributed by atoms with E-state index in [9.17, 15) is 0 Å². The van der Waals surface area contributed by atoms with Gasteiger partial charge >= 0.3 is 0 Å². The highest BCUT2D eigenvalue weighted by Gasteiger charge is 1.95. The summed E-state index contributed by atoms with van der Waals surface area (Å²) < 4.78 is 0. The van der Waals surface area contributed by atoms with E-state index in [1.165, 1.54) is 0 Å². The Morgan fingerprint density at radius 1 is 0.850 bits per heavy atom. The number of hydrogen-bond acceptors (Lipinski definition) is 2. The fourth-order valence-corrected chi connectivity index (χ4v) is 1.54. The zero-order valence-electron chi connectivity index (χ0n) is 11.7. The molecule has 0 amide bonds. The zero-order chi connectivity index (χ0) is 14.2. The molecule has 98 valence electrons. The summed E-state index contributed by atoms with van der Waals surface area (Å²) in [6.07, 6.45) is 0. The van der Waals surface area contributed by atoms with Crippen molar-refractivity contribution in [3.63, 3.8) is 0 Å². The molecule has 0 fully saturated rings. The van der Waals surface area contributed by atoms with Gasteiger partial charge < -0.3 is 0 Å². The van der Waals surface area contributed by atoms with Crippen LogP contribution in [0.1, 0.15) is 19.4 Å². The summed E-state index contributed by atoms with van der Waals surface area (Å²) in [6.45, 7) is 4.13. The van der Waals surface area contributed by atoms with Crippen molar-refractivity contribution >= 4 is 17.4 Å². The first-order valence-corrected chi connectivity index (χ1v) is 6.58. The van der Waals surface area contributed by atoms with Gasteiger partial charge in [-0.1, -0.05) is 56.0 Å². The monoisotopic (exact) mass is 260 g/mol. The molecular formula is C18H16N2. The van der Waals surface area contributed by atoms with Crippen LogP contribution in [0.2, 0.25) is 0 Å². The maximum absolute atomic E-state index is 4.26. The molecule has 0 N–H and O–H groups in total. The second-order valence-corrected chi connectivity index (χ2v) is 4.60. The Morgan fingerprint density at radius 3 is 2.30 bits per heavy atom. The molecule has 2 nitrogen and oxygen atoms in total. The van der Waals surface area contributed by atoms with Crippen molar-refractivity contribution in [2.45, 2.75) is 13.8 Å². The smallest absolute Gasteiger partial charge is 0.101 e. The minimum Gasteiger partial charge on any atom is -0.188 e. The van der Waals surface area contributed by atoms with Crippen LogP contribution in [0.5, 0.6) is 0 Å². The van der Waals surface area contributed by atoms with Crippen molar-refractivity contribution in [1.29, 1.82) is 0 Å². The van der Waals surface area contributed by atoms with Crippen LogP contribution in [0.4, 0.5) is 11.4 Å². The minimum atomic E-state index is 0.338. The molecule has 0 atom stereocenters. The van der Waals surface area contributed by atoms with E-state index in [-0.39, 0.29) is 0 Å². The van der Waals surface area contributed by atoms with Gasteiger partial charge in [0.1, 0.15) is 6.01 Å². The van der Waals surface area contributed by atoms with Crippen LogP contribution < -0.4 is 0 Å². The fraction of sp³-hybridized carbons (Fsp3) is 0.167. The van der Waals surface area contributed by atoms with Gasteiger partial charge in [0, 0.05) is 5.92 Å². The second-order valence-electron chi connectivity index (χ2n) is 4.60. The third-order valence-corrected chi connectivity index (χ3v) is 2.51. The number of aliphatic imine (C=N–C) groups is 2. The summed E-state index contributed by atoms with van der Waals surface area (Å²) in [7, 11) is 0. The van der Waals surface area contributed by atoms with Crippen LogP contribution in [0.3, 0.4) is 0 Å². The average molecular weight is 260 g/mol. The van der Waals surface area contributed by atoms with Crippen molar-refractivity contribution in [2.24, 2.45) is 15.9 Å². The number of para-hydroxylation sites is 2. The highest BCUT2D eigenvalue weighted by molar-refractivity contribution is 5.63. The van der Waals surface area contributed by atoms with Crippen molar-refractivity contribution in [3.05, 3.63) is 60.2 Å². The normalized spacial score (nSPS) is 9.35. The summed E-state index contributed by atoms with van der Waals surface area (Å²) in [5, 5.41) is 0. The summed E-state index contributed by atoms with van der Waals surface area (Å²) in [5.74, 6) is 6.62. The molecule has 0 bridgehead atoms. The third-order valence-electron chi connectivity index (χ3n) is 2.51. The highest BCUT2D eigenvalue weighted by Crippen LogP contribution is 2.17. The molecule has 2 aromatic carbocycles. The largest absolute Gasteiger partial charge is 0.188 e. The SMILES string of the molecule is CC(C)C#Cc1ccccc1N=C=Nc1ccccc1. The molecule has 0 radical (unpaired) electrons. The van der Waals surface area contributed by atoms with Crippen molar-refractivity contribution in [2.75, 3.05) is 0 Å². The Labute approximate surface area is 119 Å². The zero-order valence-corrected chi connectivity index (χ0v) is 11.7. The third kappa shape index (κ3) is 4.24. The topological polar surface area (TPSA) is 24.7 Å². The lowest BCUT2D eigenvalue weighted by molar-refractivity contribution is 0.866. The molecule has 0 spiro atoms. The lowest BCUT2D eigenvalue weighted by Gasteiger charge is -1.95. The van der Waals surface area contributed by atoms with E-state index in [1.807, 2.05) is 54.6 Å². The average Bonchev–Trinajstić information content (AvgIpc) is 2.47. The van der Waals surface area contributed by atoms with E-state index in [1.54, 1.807) is 0 Å². The van der Waals surface area contributed by atoms with Crippen LogP contribution in [0.25, 0.3) is 0 Å². The molecule has 2 heteroatoms. The van der Waals surface area contributed by atoms with Gasteiger partial charge in [0.05, 0.1) is 16.9 Å². The standard InChI is InChI=1S/C18H16N2/c1-15(2)12-13-16-8-6-7-11-18(16)20-14-19-17-9-4-3-5-10-17/h3-11,15H,1-2H3. The first kappa shape index (κ1) is 13.8. The number of benzene rings is 2. The molecule has 0 heterocycles. The van der Waals surface area contributed by atoms with Gasteiger partial charge in [-0.15, -0.1) is 0 Å². The van der Waals surface area contributed by atoms with E-state index >= 15 is 0 Å². The quantitative estimate of drug-likeness (QED) is 0.545. The van der Waals surface area contributed by atoms with Gasteiger partial charge in [0.15, 0.2) is 0 Å². The molecule has 0 unspecified atom stereocenters. The van der Waals surface area contributed by atoms with Crippen LogP contribution in [0, 0.1) is 17.8 Å². The van der Waals surface area contributed by atoms with Gasteiger partial charge in [-0.25, -0.2) is 0 Å². The molecular weight excluding hydrogens is 244 g/mol. The van der Waals surface area contributed by atoms with Gasteiger partial charge in [-0.05, 0) is 24.3 Å². The predicted octanol–water partition coefficient (Wildman–Crippen LogP) is 4.83. The molecule has 0 saturated heterocycles. The Balaban J connectivity index is 2.26. The van der Waals surface area contributed by atoms with E-state index in [0.717, 1.165) is 16.9 Å². The molecule has 0 aliphatic rings.